The van der Waals surface area contributed by atoms with Crippen LogP contribution >= 0.6 is 11.6 Å². The van der Waals surface area contributed by atoms with Crippen LogP contribution in [0.3, 0.4) is 0 Å². The van der Waals surface area contributed by atoms with Gasteiger partial charge in [0, 0.05) is 20.1 Å². The van der Waals surface area contributed by atoms with Crippen molar-refractivity contribution < 1.29 is 23.8 Å². The van der Waals surface area contributed by atoms with Crippen molar-refractivity contribution >= 4 is 23.7 Å². The first-order valence-corrected chi connectivity index (χ1v) is 6.04. The summed E-state index contributed by atoms with van der Waals surface area (Å²) in [5, 5.41) is 2.42. The zero-order valence-electron chi connectivity index (χ0n) is 11.1. The number of amides is 1. The maximum Gasteiger partial charge on any atom is 0.408 e. The fourth-order valence-corrected chi connectivity index (χ4v) is 1.20. The molecule has 1 N–H and O–H groups in total. The van der Waals surface area contributed by atoms with Crippen LogP contribution in [0.1, 0.15) is 27.2 Å². The van der Waals surface area contributed by atoms with Gasteiger partial charge in [-0.2, -0.15) is 0 Å². The predicted octanol–water partition coefficient (Wildman–Crippen LogP) is 1.66. The number of hydrogen-bond donors (Lipinski definition) is 1. The SMILES string of the molecule is COCCC(NC(=O)OC(C)(C)C)C(=O)OCCl. The van der Waals surface area contributed by atoms with Crippen molar-refractivity contribution in [2.45, 2.75) is 38.8 Å². The average molecular weight is 282 g/mol. The Morgan fingerprint density at radius 2 is 1.94 bits per heavy atom. The summed E-state index contributed by atoms with van der Waals surface area (Å²) in [7, 11) is 1.50. The highest BCUT2D eigenvalue weighted by molar-refractivity contribution is 6.17. The minimum absolute atomic E-state index is 0.266. The third-order valence-corrected chi connectivity index (χ3v) is 1.89. The Kier molecular flexibility index (Phi) is 7.70. The summed E-state index contributed by atoms with van der Waals surface area (Å²) in [5.41, 5.74) is -0.633. The number of hydrogen-bond acceptors (Lipinski definition) is 5. The Balaban J connectivity index is 4.39. The van der Waals surface area contributed by atoms with Gasteiger partial charge in [-0.3, -0.25) is 0 Å². The molecule has 7 heteroatoms. The molecule has 1 unspecified atom stereocenters. The molecule has 0 aliphatic carbocycles. The number of nitrogens with one attached hydrogen (secondary N) is 1. The van der Waals surface area contributed by atoms with Gasteiger partial charge in [0.2, 0.25) is 0 Å². The molecule has 0 bridgehead atoms. The second-order valence-electron chi connectivity index (χ2n) is 4.55. The van der Waals surface area contributed by atoms with E-state index in [0.717, 1.165) is 0 Å². The van der Waals surface area contributed by atoms with Crippen LogP contribution in [-0.4, -0.2) is 43.5 Å². The van der Waals surface area contributed by atoms with Crippen molar-refractivity contribution in [1.82, 2.24) is 5.32 Å². The van der Waals surface area contributed by atoms with E-state index >= 15 is 0 Å². The summed E-state index contributed by atoms with van der Waals surface area (Å²) >= 11 is 5.30. The number of carbonyl (C=O) groups is 2. The molecule has 0 aromatic rings. The monoisotopic (exact) mass is 281 g/mol. The van der Waals surface area contributed by atoms with Crippen LogP contribution in [0.2, 0.25) is 0 Å². The number of halogens is 1. The molecule has 106 valence electrons. The first-order valence-electron chi connectivity index (χ1n) is 5.51. The number of esters is 1. The summed E-state index contributed by atoms with van der Waals surface area (Å²) in [6, 6.07) is -1.10. The molecule has 1 atom stereocenters. The largest absolute Gasteiger partial charge is 0.448 e. The van der Waals surface area contributed by atoms with Gasteiger partial charge in [-0.15, -0.1) is 0 Å². The van der Waals surface area contributed by atoms with Gasteiger partial charge in [0.05, 0.1) is 0 Å². The van der Waals surface area contributed by atoms with Gasteiger partial charge in [-0.1, -0.05) is 11.6 Å². The lowest BCUT2D eigenvalue weighted by atomic mass is 10.2. The Morgan fingerprint density at radius 1 is 1.33 bits per heavy atom. The normalized spacial score (nSPS) is 12.7. The van der Waals surface area contributed by atoms with E-state index in [1.54, 1.807) is 20.8 Å². The second kappa shape index (κ2) is 8.16. The van der Waals surface area contributed by atoms with Gasteiger partial charge in [-0.05, 0) is 20.8 Å². The van der Waals surface area contributed by atoms with Crippen LogP contribution < -0.4 is 5.32 Å². The van der Waals surface area contributed by atoms with E-state index in [4.69, 9.17) is 21.1 Å². The summed E-state index contributed by atoms with van der Waals surface area (Å²) in [6.45, 7) is 5.49. The molecule has 0 saturated carbocycles. The van der Waals surface area contributed by atoms with Crippen molar-refractivity contribution in [3.8, 4) is 0 Å². The summed E-state index contributed by atoms with van der Waals surface area (Å²) in [5.74, 6) is -0.618. The molecule has 0 rings (SSSR count). The molecule has 0 aliphatic rings. The summed E-state index contributed by atoms with van der Waals surface area (Å²) in [4.78, 5) is 23.0. The highest BCUT2D eigenvalue weighted by atomic mass is 35.5. The second-order valence-corrected chi connectivity index (χ2v) is 4.77. The van der Waals surface area contributed by atoms with E-state index in [1.807, 2.05) is 0 Å². The molecule has 0 radical (unpaired) electrons. The molecule has 1 amide bonds. The Morgan fingerprint density at radius 3 is 2.39 bits per heavy atom. The molecule has 6 nitrogen and oxygen atoms in total. The zero-order chi connectivity index (χ0) is 14.2. The van der Waals surface area contributed by atoms with Crippen molar-refractivity contribution in [2.24, 2.45) is 0 Å². The fraction of sp³-hybridized carbons (Fsp3) is 0.818. The molecule has 0 aromatic heterocycles. The smallest absolute Gasteiger partial charge is 0.408 e. The third-order valence-electron chi connectivity index (χ3n) is 1.78. The van der Waals surface area contributed by atoms with E-state index in [2.05, 4.69) is 10.1 Å². The van der Waals surface area contributed by atoms with Gasteiger partial charge in [0.1, 0.15) is 11.6 Å². The van der Waals surface area contributed by atoms with Gasteiger partial charge >= 0.3 is 12.1 Å². The first-order chi connectivity index (χ1) is 8.30. The molecule has 0 saturated heterocycles. The van der Waals surface area contributed by atoms with Crippen LogP contribution in [0.4, 0.5) is 4.79 Å². The lowest BCUT2D eigenvalue weighted by Crippen LogP contribution is -2.44. The van der Waals surface area contributed by atoms with Gasteiger partial charge in [0.15, 0.2) is 6.07 Å². The molecule has 0 aromatic carbocycles. The number of methoxy groups -OCH3 is 1. The summed E-state index contributed by atoms with van der Waals surface area (Å²) in [6.07, 6.45) is -0.402. The lowest BCUT2D eigenvalue weighted by molar-refractivity contribution is -0.144. The standard InChI is InChI=1S/C11H20ClNO5/c1-11(2,3)18-10(15)13-8(5-6-16-4)9(14)17-7-12/h8H,5-7H2,1-4H3,(H,13,15). The van der Waals surface area contributed by atoms with Crippen molar-refractivity contribution in [2.75, 3.05) is 19.8 Å². The quantitative estimate of drug-likeness (QED) is 0.592. The predicted molar refractivity (Wildman–Crippen MR) is 66.5 cm³/mol. The highest BCUT2D eigenvalue weighted by Crippen LogP contribution is 2.07. The van der Waals surface area contributed by atoms with Gasteiger partial charge in [-0.25, -0.2) is 9.59 Å². The summed E-state index contributed by atoms with van der Waals surface area (Å²) < 4.78 is 14.5. The fourth-order valence-electron chi connectivity index (χ4n) is 1.09. The van der Waals surface area contributed by atoms with Crippen molar-refractivity contribution in [3.63, 3.8) is 0 Å². The average Bonchev–Trinajstić information content (AvgIpc) is 2.21. The van der Waals surface area contributed by atoms with E-state index in [1.165, 1.54) is 7.11 Å². The number of rotatable bonds is 6. The highest BCUT2D eigenvalue weighted by Gasteiger charge is 2.25. The van der Waals surface area contributed by atoms with Crippen molar-refractivity contribution in [3.05, 3.63) is 0 Å². The van der Waals surface area contributed by atoms with Crippen molar-refractivity contribution in [1.29, 1.82) is 0 Å². The Labute approximate surface area is 112 Å². The van der Waals surface area contributed by atoms with Crippen LogP contribution in [0.25, 0.3) is 0 Å². The maximum absolute atomic E-state index is 11.5. The third kappa shape index (κ3) is 8.14. The van der Waals surface area contributed by atoms with Gasteiger partial charge in [0.25, 0.3) is 0 Å². The van der Waals surface area contributed by atoms with E-state index in [9.17, 15) is 9.59 Å². The number of carbonyl (C=O) groups excluding carboxylic acids is 2. The van der Waals surface area contributed by atoms with Crippen LogP contribution in [0.5, 0.6) is 0 Å². The molecule has 0 heterocycles. The lowest BCUT2D eigenvalue weighted by Gasteiger charge is -2.22. The molecular formula is C11H20ClNO5. The Hall–Kier alpha value is -1.01. The molecule has 0 spiro atoms. The number of alkyl carbamates (subject to hydrolysis) is 1. The van der Waals surface area contributed by atoms with Crippen LogP contribution in [0.15, 0.2) is 0 Å². The van der Waals surface area contributed by atoms with Crippen LogP contribution in [-0.2, 0) is 19.0 Å². The van der Waals surface area contributed by atoms with E-state index in [-0.39, 0.29) is 12.5 Å². The van der Waals surface area contributed by atoms with E-state index in [0.29, 0.717) is 6.61 Å². The maximum atomic E-state index is 11.5. The molecule has 18 heavy (non-hydrogen) atoms. The zero-order valence-corrected chi connectivity index (χ0v) is 11.9. The van der Waals surface area contributed by atoms with E-state index < -0.39 is 23.7 Å². The number of alkyl halides is 1. The van der Waals surface area contributed by atoms with Gasteiger partial charge < -0.3 is 19.5 Å². The molecule has 0 fully saturated rings. The first kappa shape index (κ1) is 17.0. The number of ether oxygens (including phenoxy) is 3. The molecule has 0 aliphatic heterocycles. The molecular weight excluding hydrogens is 262 g/mol. The topological polar surface area (TPSA) is 73.9 Å². The minimum Gasteiger partial charge on any atom is -0.448 e. The van der Waals surface area contributed by atoms with Crippen LogP contribution in [0, 0.1) is 0 Å². The Bertz CT molecular complexity index is 277. The minimum atomic E-state index is -0.835.